The number of methoxy groups -OCH3 is 1. The van der Waals surface area contributed by atoms with E-state index in [0.29, 0.717) is 6.42 Å². The SMILES string of the molecule is COC(=O)[C@H]1Cc2c(n(C)c3ccccc23)[C@@H](c2ccc3c(c2)OCO3)N1. The van der Waals surface area contributed by atoms with E-state index in [0.717, 1.165) is 28.3 Å². The molecule has 2 aliphatic rings. The number of fused-ring (bicyclic) bond motifs is 4. The summed E-state index contributed by atoms with van der Waals surface area (Å²) in [5, 5.41) is 4.65. The summed E-state index contributed by atoms with van der Waals surface area (Å²) in [5.74, 6) is 1.23. The first-order chi connectivity index (χ1) is 13.2. The highest BCUT2D eigenvalue weighted by molar-refractivity contribution is 5.88. The smallest absolute Gasteiger partial charge is 0.323 e. The first kappa shape index (κ1) is 16.2. The third-order valence-corrected chi connectivity index (χ3v) is 5.53. The van der Waals surface area contributed by atoms with Crippen molar-refractivity contribution in [2.45, 2.75) is 18.5 Å². The standard InChI is InChI=1S/C21H20N2O4/c1-23-16-6-4-3-5-13(16)14-10-15(21(24)25-2)22-19(20(14)23)12-7-8-17-18(9-12)27-11-26-17/h3-9,15,19,22H,10-11H2,1-2H3/t15-,19-/m1/s1. The predicted molar refractivity (Wildman–Crippen MR) is 100.0 cm³/mol. The number of aryl methyl sites for hydroxylation is 1. The Kier molecular flexibility index (Phi) is 3.62. The number of benzene rings is 2. The second-order valence-corrected chi connectivity index (χ2v) is 6.93. The van der Waals surface area contributed by atoms with Crippen LogP contribution in [0.1, 0.15) is 22.9 Å². The third kappa shape index (κ3) is 2.40. The van der Waals surface area contributed by atoms with Gasteiger partial charge in [0.05, 0.1) is 13.2 Å². The molecule has 0 spiro atoms. The van der Waals surface area contributed by atoms with Gasteiger partial charge in [-0.3, -0.25) is 10.1 Å². The number of para-hydroxylation sites is 1. The molecule has 0 aliphatic carbocycles. The highest BCUT2D eigenvalue weighted by Crippen LogP contribution is 2.40. The molecule has 0 radical (unpaired) electrons. The molecule has 0 unspecified atom stereocenters. The molecule has 3 aromatic rings. The van der Waals surface area contributed by atoms with Gasteiger partial charge in [-0.15, -0.1) is 0 Å². The van der Waals surface area contributed by atoms with Crippen molar-refractivity contribution in [3.63, 3.8) is 0 Å². The molecule has 0 amide bonds. The highest BCUT2D eigenvalue weighted by atomic mass is 16.7. The second-order valence-electron chi connectivity index (χ2n) is 6.93. The largest absolute Gasteiger partial charge is 0.468 e. The highest BCUT2D eigenvalue weighted by Gasteiger charge is 2.36. The Morgan fingerprint density at radius 3 is 2.85 bits per heavy atom. The molecule has 1 N–H and O–H groups in total. The quantitative estimate of drug-likeness (QED) is 0.709. The average molecular weight is 364 g/mol. The number of hydrogen-bond donors (Lipinski definition) is 1. The van der Waals surface area contributed by atoms with Crippen molar-refractivity contribution in [3.05, 3.63) is 59.3 Å². The van der Waals surface area contributed by atoms with Gasteiger partial charge in [0.15, 0.2) is 11.5 Å². The van der Waals surface area contributed by atoms with Crippen LogP contribution in [0.4, 0.5) is 0 Å². The molecule has 2 aromatic carbocycles. The lowest BCUT2D eigenvalue weighted by atomic mass is 9.90. The van der Waals surface area contributed by atoms with E-state index in [4.69, 9.17) is 14.2 Å². The summed E-state index contributed by atoms with van der Waals surface area (Å²) >= 11 is 0. The van der Waals surface area contributed by atoms with E-state index in [-0.39, 0.29) is 18.8 Å². The minimum atomic E-state index is -0.399. The number of ether oxygens (including phenoxy) is 3. The summed E-state index contributed by atoms with van der Waals surface area (Å²) in [6.07, 6.45) is 0.602. The normalized spacial score (nSPS) is 20.5. The Morgan fingerprint density at radius 2 is 2.00 bits per heavy atom. The Morgan fingerprint density at radius 1 is 1.19 bits per heavy atom. The maximum Gasteiger partial charge on any atom is 0.323 e. The molecule has 0 saturated carbocycles. The van der Waals surface area contributed by atoms with Crippen LogP contribution in [0.3, 0.4) is 0 Å². The number of carbonyl (C=O) groups excluding carboxylic acids is 1. The van der Waals surface area contributed by atoms with Crippen LogP contribution in [0.2, 0.25) is 0 Å². The van der Waals surface area contributed by atoms with E-state index < -0.39 is 6.04 Å². The Balaban J connectivity index is 1.70. The van der Waals surface area contributed by atoms with Crippen molar-refractivity contribution in [1.82, 2.24) is 9.88 Å². The van der Waals surface area contributed by atoms with Crippen molar-refractivity contribution in [2.75, 3.05) is 13.9 Å². The fraction of sp³-hybridized carbons (Fsp3) is 0.286. The van der Waals surface area contributed by atoms with Gasteiger partial charge in [-0.05, 0) is 29.3 Å². The number of nitrogens with zero attached hydrogens (tertiary/aromatic N) is 1. The van der Waals surface area contributed by atoms with Gasteiger partial charge < -0.3 is 18.8 Å². The van der Waals surface area contributed by atoms with E-state index in [1.54, 1.807) is 0 Å². The molecule has 2 atom stereocenters. The zero-order valence-corrected chi connectivity index (χ0v) is 15.2. The summed E-state index contributed by atoms with van der Waals surface area (Å²) in [4.78, 5) is 12.3. The van der Waals surface area contributed by atoms with Crippen LogP contribution < -0.4 is 14.8 Å². The maximum atomic E-state index is 12.3. The lowest BCUT2D eigenvalue weighted by Gasteiger charge is -2.31. The van der Waals surface area contributed by atoms with Gasteiger partial charge in [0, 0.05) is 30.1 Å². The first-order valence-corrected chi connectivity index (χ1v) is 8.97. The second kappa shape index (κ2) is 6.03. The van der Waals surface area contributed by atoms with Gasteiger partial charge in [0.1, 0.15) is 6.04 Å². The Hall–Kier alpha value is -2.99. The van der Waals surface area contributed by atoms with E-state index in [2.05, 4.69) is 29.1 Å². The number of nitrogens with one attached hydrogen (secondary N) is 1. The van der Waals surface area contributed by atoms with Crippen LogP contribution in [0.25, 0.3) is 10.9 Å². The Labute approximate surface area is 156 Å². The molecule has 0 bridgehead atoms. The van der Waals surface area contributed by atoms with Gasteiger partial charge in [0.25, 0.3) is 0 Å². The first-order valence-electron chi connectivity index (χ1n) is 8.97. The fourth-order valence-corrected chi connectivity index (χ4v) is 4.26. The zero-order valence-electron chi connectivity index (χ0n) is 15.2. The number of rotatable bonds is 2. The summed E-state index contributed by atoms with van der Waals surface area (Å²) < 4.78 is 18.2. The lowest BCUT2D eigenvalue weighted by molar-refractivity contribution is -0.143. The van der Waals surface area contributed by atoms with Gasteiger partial charge >= 0.3 is 5.97 Å². The molecule has 6 heteroatoms. The number of hydrogen-bond acceptors (Lipinski definition) is 5. The van der Waals surface area contributed by atoms with Crippen molar-refractivity contribution < 1.29 is 19.0 Å². The summed E-state index contributed by atoms with van der Waals surface area (Å²) in [6, 6.07) is 13.7. The summed E-state index contributed by atoms with van der Waals surface area (Å²) in [7, 11) is 3.50. The van der Waals surface area contributed by atoms with E-state index >= 15 is 0 Å². The predicted octanol–water partition coefficient (Wildman–Crippen LogP) is 2.68. The van der Waals surface area contributed by atoms with Crippen LogP contribution in [-0.2, 0) is 23.0 Å². The molecule has 138 valence electrons. The van der Waals surface area contributed by atoms with Crippen LogP contribution in [0.5, 0.6) is 11.5 Å². The molecule has 27 heavy (non-hydrogen) atoms. The van der Waals surface area contributed by atoms with Crippen molar-refractivity contribution in [1.29, 1.82) is 0 Å². The van der Waals surface area contributed by atoms with Crippen molar-refractivity contribution in [2.24, 2.45) is 7.05 Å². The average Bonchev–Trinajstić information content (AvgIpc) is 3.29. The molecule has 1 aromatic heterocycles. The molecule has 5 rings (SSSR count). The third-order valence-electron chi connectivity index (χ3n) is 5.53. The molecule has 3 heterocycles. The van der Waals surface area contributed by atoms with Crippen LogP contribution >= 0.6 is 0 Å². The number of aromatic nitrogens is 1. The van der Waals surface area contributed by atoms with Gasteiger partial charge in [0.2, 0.25) is 6.79 Å². The topological polar surface area (TPSA) is 61.7 Å². The molecular weight excluding hydrogens is 344 g/mol. The number of carbonyl (C=O) groups is 1. The monoisotopic (exact) mass is 364 g/mol. The Bertz CT molecular complexity index is 1060. The van der Waals surface area contributed by atoms with Gasteiger partial charge in [-0.2, -0.15) is 0 Å². The lowest BCUT2D eigenvalue weighted by Crippen LogP contribution is -2.46. The van der Waals surface area contributed by atoms with Crippen molar-refractivity contribution >= 4 is 16.9 Å². The molecular formula is C21H20N2O4. The zero-order chi connectivity index (χ0) is 18.5. The van der Waals surface area contributed by atoms with Crippen LogP contribution in [-0.4, -0.2) is 30.5 Å². The van der Waals surface area contributed by atoms with Crippen LogP contribution in [0.15, 0.2) is 42.5 Å². The van der Waals surface area contributed by atoms with E-state index in [1.807, 2.05) is 30.3 Å². The van der Waals surface area contributed by atoms with Crippen molar-refractivity contribution in [3.8, 4) is 11.5 Å². The summed E-state index contributed by atoms with van der Waals surface area (Å²) in [6.45, 7) is 0.237. The van der Waals surface area contributed by atoms with Gasteiger partial charge in [-0.25, -0.2) is 0 Å². The molecule has 6 nitrogen and oxygen atoms in total. The minimum Gasteiger partial charge on any atom is -0.468 e. The molecule has 0 saturated heterocycles. The minimum absolute atomic E-state index is 0.148. The molecule has 0 fully saturated rings. The maximum absolute atomic E-state index is 12.3. The summed E-state index contributed by atoms with van der Waals surface area (Å²) in [5.41, 5.74) is 4.53. The van der Waals surface area contributed by atoms with E-state index in [1.165, 1.54) is 18.1 Å². The fourth-order valence-electron chi connectivity index (χ4n) is 4.26. The van der Waals surface area contributed by atoms with Gasteiger partial charge in [-0.1, -0.05) is 24.3 Å². The molecule has 2 aliphatic heterocycles. The van der Waals surface area contributed by atoms with E-state index in [9.17, 15) is 4.79 Å². The van der Waals surface area contributed by atoms with Crippen LogP contribution in [0, 0.1) is 0 Å². The number of esters is 1.